The molecule has 0 aromatic carbocycles. The highest BCUT2D eigenvalue weighted by Crippen LogP contribution is 2.74. The van der Waals surface area contributed by atoms with Gasteiger partial charge in [0, 0.05) is 17.8 Å². The molecular weight excluding hydrogens is 1000 g/mol. The predicted molar refractivity (Wildman–Crippen MR) is 258 cm³/mol. The van der Waals surface area contributed by atoms with Crippen LogP contribution in [0.25, 0.3) is 0 Å². The first-order valence-electron chi connectivity index (χ1n) is 27.2. The van der Waals surface area contributed by atoms with Crippen LogP contribution in [-0.2, 0) is 47.5 Å². The molecule has 4 aliphatic heterocycles. The molecule has 0 spiro atoms. The van der Waals surface area contributed by atoms with Gasteiger partial charge in [-0.25, -0.2) is 4.79 Å². The Bertz CT molecular complexity index is 2160. The Hall–Kier alpha value is -1.92. The minimum atomic E-state index is -2.24. The third-order valence-corrected chi connectivity index (χ3v) is 20.8. The van der Waals surface area contributed by atoms with Gasteiger partial charge in [0.2, 0.25) is 0 Å². The lowest BCUT2D eigenvalue weighted by molar-refractivity contribution is -0.406. The third kappa shape index (κ3) is 9.38. The zero-order valence-corrected chi connectivity index (χ0v) is 44.6. The summed E-state index contributed by atoms with van der Waals surface area (Å²) in [5, 5.41) is 142. The van der Waals surface area contributed by atoms with Crippen LogP contribution in [0.1, 0.15) is 113 Å². The highest BCUT2D eigenvalue weighted by Gasteiger charge is 2.71. The number of carbonyl (C=O) groups excluding carboxylic acids is 1. The molecule has 0 bridgehead atoms. The fraction of sp³-hybridized carbons (Fsp3) is 0.925. The number of rotatable bonds is 11. The van der Waals surface area contributed by atoms with E-state index in [1.54, 1.807) is 0 Å². The van der Waals surface area contributed by atoms with Crippen LogP contribution in [0.2, 0.25) is 0 Å². The second-order valence-electron chi connectivity index (χ2n) is 25.9. The number of aliphatic hydroxyl groups is 12. The molecule has 23 nitrogen and oxygen atoms in total. The lowest BCUT2D eigenvalue weighted by atomic mass is 9.34. The molecule has 28 atom stereocenters. The van der Waals surface area contributed by atoms with Gasteiger partial charge in [0.25, 0.3) is 0 Å². The minimum Gasteiger partial charge on any atom is -0.479 e. The molecule has 5 aliphatic carbocycles. The maximum Gasteiger partial charge on any atom is 0.335 e. The SMILES string of the molecule is CC1OC(OC2C(OC3C(O)C(C(=O)O)OC(OC4CCC5(C)C(CCC6(C)C5CC=C5C7CC(C)(C)CCC7(O)C(=O)CC56C)C4(C)C)C3OC3OC(CO)C(O)C(O)C3O)OC(CO)C(O)C2O)C(O)C(O)C1O. The Morgan fingerprint density at radius 3 is 1.82 bits per heavy atom. The summed E-state index contributed by atoms with van der Waals surface area (Å²) >= 11 is 0. The van der Waals surface area contributed by atoms with E-state index in [-0.39, 0.29) is 46.2 Å². The van der Waals surface area contributed by atoms with Crippen molar-refractivity contribution in [2.45, 2.75) is 248 Å². The number of ether oxygens (including phenoxy) is 8. The summed E-state index contributed by atoms with van der Waals surface area (Å²) < 4.78 is 48.9. The Morgan fingerprint density at radius 2 is 1.18 bits per heavy atom. The number of aliphatic hydroxyl groups excluding tert-OH is 11. The largest absolute Gasteiger partial charge is 0.479 e. The van der Waals surface area contributed by atoms with Gasteiger partial charge in [0.05, 0.1) is 25.4 Å². The fourth-order valence-corrected chi connectivity index (χ4v) is 16.0. The Labute approximate surface area is 442 Å². The maximum atomic E-state index is 14.3. The number of Topliss-reactive ketones (excluding diaryl/α,β-unsaturated/α-hetero) is 1. The lowest BCUT2D eigenvalue weighted by Gasteiger charge is -2.71. The molecule has 23 heteroatoms. The fourth-order valence-electron chi connectivity index (χ4n) is 16.0. The molecule has 8 fully saturated rings. The highest BCUT2D eigenvalue weighted by molar-refractivity contribution is 5.91. The number of aliphatic carboxylic acids is 1. The van der Waals surface area contributed by atoms with Crippen molar-refractivity contribution in [2.24, 2.45) is 44.8 Å². The topological polar surface area (TPSA) is 371 Å². The molecule has 4 saturated heterocycles. The summed E-state index contributed by atoms with van der Waals surface area (Å²) in [6.45, 7) is 14.9. The number of ketones is 1. The van der Waals surface area contributed by atoms with Crippen molar-refractivity contribution in [2.75, 3.05) is 13.2 Å². The van der Waals surface area contributed by atoms with Gasteiger partial charge in [0.15, 0.2) is 37.0 Å². The number of hydrogen-bond donors (Lipinski definition) is 13. The van der Waals surface area contributed by atoms with Crippen molar-refractivity contribution < 1.29 is 114 Å². The van der Waals surface area contributed by atoms with Crippen LogP contribution >= 0.6 is 0 Å². The van der Waals surface area contributed by atoms with Gasteiger partial charge in [-0.1, -0.05) is 60.1 Å². The summed E-state index contributed by atoms with van der Waals surface area (Å²) in [5.41, 5.74) is -2.16. The molecule has 0 amide bonds. The molecule has 0 aromatic rings. The van der Waals surface area contributed by atoms with Crippen molar-refractivity contribution in [3.63, 3.8) is 0 Å². The first-order valence-corrected chi connectivity index (χ1v) is 27.2. The van der Waals surface area contributed by atoms with E-state index in [0.29, 0.717) is 32.1 Å². The van der Waals surface area contributed by atoms with Crippen molar-refractivity contribution in [1.82, 2.24) is 0 Å². The summed E-state index contributed by atoms with van der Waals surface area (Å²) in [6, 6.07) is 0. The van der Waals surface area contributed by atoms with Gasteiger partial charge in [-0.3, -0.25) is 4.79 Å². The minimum absolute atomic E-state index is 0.0434. The van der Waals surface area contributed by atoms with E-state index in [1.807, 2.05) is 0 Å². The van der Waals surface area contributed by atoms with Crippen molar-refractivity contribution in [3.8, 4) is 0 Å². The number of carboxylic acids is 1. The monoisotopic (exact) mass is 1090 g/mol. The standard InChI is InChI=1S/C53H84O23/c1-21-30(57)33(60)36(63)44(69-21)75-41-35(62)32(59)25(20-55)71-46(41)73-39-38(65)40(43(66)67)74-47(42(39)76-45-37(64)34(61)31(58)24(19-54)70-45)72-29-12-13-50(6)26(49(29,4)5)11-14-51(7)27(50)10-9-22-23-17-48(2,3)15-16-53(23,68)28(56)18-52(22,51)8/h9,21,23-27,29-42,44-47,54-55,57-65,68H,10-20H2,1-8H3,(H,66,67). The first kappa shape index (κ1) is 58.7. The number of allylic oxidation sites excluding steroid dienone is 1. The van der Waals surface area contributed by atoms with Crippen molar-refractivity contribution >= 4 is 11.8 Å². The van der Waals surface area contributed by atoms with Crippen LogP contribution < -0.4 is 0 Å². The number of fused-ring (bicyclic) bond motifs is 7. The molecule has 13 N–H and O–H groups in total. The smallest absolute Gasteiger partial charge is 0.335 e. The average molecular weight is 1090 g/mol. The van der Waals surface area contributed by atoms with Crippen molar-refractivity contribution in [1.29, 1.82) is 0 Å². The van der Waals surface area contributed by atoms with Crippen molar-refractivity contribution in [3.05, 3.63) is 11.6 Å². The second-order valence-corrected chi connectivity index (χ2v) is 25.9. The van der Waals surface area contributed by atoms with Crippen LogP contribution in [0.3, 0.4) is 0 Å². The van der Waals surface area contributed by atoms with Crippen LogP contribution in [-0.4, -0.2) is 226 Å². The quantitative estimate of drug-likeness (QED) is 0.0826. The summed E-state index contributed by atoms with van der Waals surface area (Å²) in [6.07, 6.45) is -30.4. The molecule has 76 heavy (non-hydrogen) atoms. The van der Waals surface area contributed by atoms with Gasteiger partial charge in [0.1, 0.15) is 91.1 Å². The second kappa shape index (κ2) is 20.8. The summed E-state index contributed by atoms with van der Waals surface area (Å²) in [4.78, 5) is 27.4. The summed E-state index contributed by atoms with van der Waals surface area (Å²) in [5.74, 6) is -2.01. The molecule has 0 radical (unpaired) electrons. The van der Waals surface area contributed by atoms with E-state index in [4.69, 9.17) is 37.9 Å². The third-order valence-electron chi connectivity index (χ3n) is 20.8. The van der Waals surface area contributed by atoms with E-state index in [1.165, 1.54) is 12.5 Å². The molecule has 9 rings (SSSR count). The van der Waals surface area contributed by atoms with Crippen LogP contribution in [0, 0.1) is 44.8 Å². The van der Waals surface area contributed by atoms with Gasteiger partial charge >= 0.3 is 5.97 Å². The van der Waals surface area contributed by atoms with Crippen LogP contribution in [0.4, 0.5) is 0 Å². The molecular formula is C53H84O23. The Morgan fingerprint density at radius 1 is 0.618 bits per heavy atom. The van der Waals surface area contributed by atoms with E-state index in [9.17, 15) is 76.0 Å². The number of carboxylic acid groups (broad SMARTS) is 1. The molecule has 9 aliphatic rings. The maximum absolute atomic E-state index is 14.3. The average Bonchev–Trinajstić information content (AvgIpc) is 3.54. The van der Waals surface area contributed by atoms with Gasteiger partial charge in [-0.2, -0.15) is 0 Å². The first-order chi connectivity index (χ1) is 35.4. The Kier molecular flexibility index (Phi) is 16.1. The van der Waals surface area contributed by atoms with Gasteiger partial charge in [-0.15, -0.1) is 0 Å². The van der Waals surface area contributed by atoms with Gasteiger partial charge < -0.3 is 104 Å². The molecule has 4 saturated carbocycles. The number of hydrogen-bond acceptors (Lipinski definition) is 22. The van der Waals surface area contributed by atoms with E-state index < -0.39 is 165 Å². The van der Waals surface area contributed by atoms with E-state index in [0.717, 1.165) is 19.3 Å². The molecule has 28 unspecified atom stereocenters. The van der Waals surface area contributed by atoms with Gasteiger partial charge in [-0.05, 0) is 91.8 Å². The molecule has 0 aromatic heterocycles. The zero-order chi connectivity index (χ0) is 55.7. The predicted octanol–water partition coefficient (Wildman–Crippen LogP) is -1.51. The lowest BCUT2D eigenvalue weighted by Crippen LogP contribution is -2.69. The normalized spacial score (nSPS) is 54.1. The Balaban J connectivity index is 1.05. The highest BCUT2D eigenvalue weighted by atomic mass is 16.8. The zero-order valence-electron chi connectivity index (χ0n) is 44.6. The number of carbonyl (C=O) groups is 2. The van der Waals surface area contributed by atoms with E-state index in [2.05, 4.69) is 54.5 Å². The molecule has 434 valence electrons. The van der Waals surface area contributed by atoms with E-state index >= 15 is 0 Å². The van der Waals surface area contributed by atoms with Crippen LogP contribution in [0.5, 0.6) is 0 Å². The molecule has 4 heterocycles. The summed E-state index contributed by atoms with van der Waals surface area (Å²) in [7, 11) is 0. The van der Waals surface area contributed by atoms with Crippen LogP contribution in [0.15, 0.2) is 11.6 Å².